The fourth-order valence-corrected chi connectivity index (χ4v) is 7.53. The maximum Gasteiger partial charge on any atom is 0.350 e. The fraction of sp³-hybridized carbons (Fsp3) is 0.524. The number of rotatable bonds is 3. The van der Waals surface area contributed by atoms with Gasteiger partial charge in [0.1, 0.15) is 4.88 Å². The van der Waals surface area contributed by atoms with Crippen molar-refractivity contribution in [3.8, 4) is 0 Å². The van der Waals surface area contributed by atoms with Crippen LogP contribution in [0.2, 0.25) is 15.1 Å². The van der Waals surface area contributed by atoms with Gasteiger partial charge in [-0.25, -0.2) is 4.79 Å². The molecule has 0 N–H and O–H groups in total. The lowest BCUT2D eigenvalue weighted by atomic mass is 9.65. The summed E-state index contributed by atoms with van der Waals surface area (Å²) < 4.78 is 6.04. The first kappa shape index (κ1) is 21.2. The van der Waals surface area contributed by atoms with E-state index in [-0.39, 0.29) is 39.3 Å². The van der Waals surface area contributed by atoms with Crippen LogP contribution in [0.15, 0.2) is 12.1 Å². The molecule has 2 heterocycles. The van der Waals surface area contributed by atoms with Crippen molar-refractivity contribution >= 4 is 68.1 Å². The first-order chi connectivity index (χ1) is 13.5. The molecule has 2 aromatic rings. The predicted octanol–water partition coefficient (Wildman–Crippen LogP) is 6.45. The summed E-state index contributed by atoms with van der Waals surface area (Å²) in [6, 6.07) is 3.49. The summed E-state index contributed by atoms with van der Waals surface area (Å²) in [7, 11) is 0. The van der Waals surface area contributed by atoms with E-state index in [0.29, 0.717) is 20.1 Å². The van der Waals surface area contributed by atoms with Crippen LogP contribution in [-0.4, -0.2) is 36.0 Å². The molecule has 1 aromatic heterocycles. The van der Waals surface area contributed by atoms with Crippen molar-refractivity contribution in [3.63, 3.8) is 0 Å². The van der Waals surface area contributed by atoms with Crippen LogP contribution in [0.4, 0.5) is 0 Å². The number of amides is 1. The Hall–Kier alpha value is -1.01. The standard InChI is InChI=1S/C21H22Cl3NO3S/c1-20(2)6-12-7-21(3,9-20)10-25(12)15(26)8-28-19(27)18-17(24)16-13(23)4-11(22)5-14(16)29-18/h4-5,12H,6-10H2,1-3H3. The van der Waals surface area contributed by atoms with E-state index in [1.807, 2.05) is 4.90 Å². The Morgan fingerprint density at radius 3 is 2.66 bits per heavy atom. The molecule has 1 amide bonds. The number of thiophene rings is 1. The van der Waals surface area contributed by atoms with Gasteiger partial charge < -0.3 is 9.64 Å². The lowest BCUT2D eigenvalue weighted by molar-refractivity contribution is -0.135. The Bertz CT molecular complexity index is 1020. The Labute approximate surface area is 189 Å². The summed E-state index contributed by atoms with van der Waals surface area (Å²) in [4.78, 5) is 27.5. The highest BCUT2D eigenvalue weighted by Crippen LogP contribution is 2.52. The van der Waals surface area contributed by atoms with Crippen molar-refractivity contribution < 1.29 is 14.3 Å². The quantitative estimate of drug-likeness (QED) is 0.480. The number of hydrogen-bond donors (Lipinski definition) is 0. The molecule has 8 heteroatoms. The number of benzene rings is 1. The topological polar surface area (TPSA) is 46.6 Å². The molecule has 29 heavy (non-hydrogen) atoms. The molecular weight excluding hydrogens is 453 g/mol. The van der Waals surface area contributed by atoms with Gasteiger partial charge in [0.2, 0.25) is 0 Å². The minimum atomic E-state index is -0.620. The molecule has 4 nitrogen and oxygen atoms in total. The molecule has 156 valence electrons. The highest BCUT2D eigenvalue weighted by molar-refractivity contribution is 7.21. The maximum atomic E-state index is 12.8. The summed E-state index contributed by atoms with van der Waals surface area (Å²) in [5, 5.41) is 1.65. The second-order valence-corrected chi connectivity index (χ2v) is 11.6. The molecule has 2 unspecified atom stereocenters. The fourth-order valence-electron chi connectivity index (χ4n) is 5.27. The highest BCUT2D eigenvalue weighted by atomic mass is 35.5. The van der Waals surface area contributed by atoms with Crippen LogP contribution < -0.4 is 0 Å². The number of nitrogens with zero attached hydrogens (tertiary/aromatic N) is 1. The third-order valence-electron chi connectivity index (χ3n) is 5.90. The van der Waals surface area contributed by atoms with Crippen LogP contribution in [-0.2, 0) is 9.53 Å². The number of likely N-dealkylation sites (tertiary alicyclic amines) is 1. The van der Waals surface area contributed by atoms with Crippen LogP contribution in [0, 0.1) is 10.8 Å². The van der Waals surface area contributed by atoms with Gasteiger partial charge >= 0.3 is 5.97 Å². The molecule has 2 aliphatic rings. The van der Waals surface area contributed by atoms with Crippen molar-refractivity contribution in [2.45, 2.75) is 46.1 Å². The van der Waals surface area contributed by atoms with E-state index < -0.39 is 5.97 Å². The Morgan fingerprint density at radius 1 is 1.21 bits per heavy atom. The summed E-state index contributed by atoms with van der Waals surface area (Å²) in [5.74, 6) is -0.770. The molecule has 2 fully saturated rings. The summed E-state index contributed by atoms with van der Waals surface area (Å²) in [6.45, 7) is 7.19. The van der Waals surface area contributed by atoms with Crippen molar-refractivity contribution in [1.82, 2.24) is 4.90 Å². The third kappa shape index (κ3) is 3.99. The Balaban J connectivity index is 1.47. The van der Waals surface area contributed by atoms with Crippen molar-refractivity contribution in [2.75, 3.05) is 13.2 Å². The van der Waals surface area contributed by atoms with Gasteiger partial charge in [-0.15, -0.1) is 11.3 Å². The van der Waals surface area contributed by atoms with Gasteiger partial charge in [0.25, 0.3) is 5.91 Å². The van der Waals surface area contributed by atoms with E-state index in [0.717, 1.165) is 37.1 Å². The molecule has 1 aliphatic heterocycles. The van der Waals surface area contributed by atoms with E-state index in [2.05, 4.69) is 20.8 Å². The normalized spacial score (nSPS) is 25.4. The second-order valence-electron chi connectivity index (χ2n) is 9.32. The second kappa shape index (κ2) is 7.30. The van der Waals surface area contributed by atoms with Gasteiger partial charge in [0.15, 0.2) is 6.61 Å². The van der Waals surface area contributed by atoms with Crippen LogP contribution >= 0.6 is 46.1 Å². The van der Waals surface area contributed by atoms with Crippen LogP contribution in [0.3, 0.4) is 0 Å². The van der Waals surface area contributed by atoms with Gasteiger partial charge in [-0.05, 0) is 42.2 Å². The summed E-state index contributed by atoms with van der Waals surface area (Å²) in [6.07, 6.45) is 3.09. The molecule has 2 bridgehead atoms. The summed E-state index contributed by atoms with van der Waals surface area (Å²) >= 11 is 19.8. The molecule has 4 rings (SSSR count). The Morgan fingerprint density at radius 2 is 1.93 bits per heavy atom. The number of hydrogen-bond acceptors (Lipinski definition) is 4. The van der Waals surface area contributed by atoms with E-state index in [1.165, 1.54) is 0 Å². The average Bonchev–Trinajstić information content (AvgIpc) is 3.05. The molecular formula is C21H22Cl3NO3S. The number of ether oxygens (including phenoxy) is 1. The molecule has 1 saturated carbocycles. The lowest BCUT2D eigenvalue weighted by Gasteiger charge is -2.39. The number of carbonyl (C=O) groups is 2. The SMILES string of the molecule is CC1(C)CC2CC(C)(CN2C(=O)COC(=O)c2sc3cc(Cl)cc(Cl)c3c2Cl)C1. The van der Waals surface area contributed by atoms with Gasteiger partial charge in [-0.1, -0.05) is 55.6 Å². The minimum Gasteiger partial charge on any atom is -0.451 e. The zero-order chi connectivity index (χ0) is 21.1. The lowest BCUT2D eigenvalue weighted by Crippen LogP contribution is -2.39. The zero-order valence-electron chi connectivity index (χ0n) is 16.5. The van der Waals surface area contributed by atoms with Crippen LogP contribution in [0.1, 0.15) is 49.7 Å². The highest BCUT2D eigenvalue weighted by Gasteiger charge is 2.50. The van der Waals surface area contributed by atoms with E-state index in [9.17, 15) is 9.59 Å². The van der Waals surface area contributed by atoms with E-state index in [1.54, 1.807) is 12.1 Å². The van der Waals surface area contributed by atoms with Crippen molar-refractivity contribution in [3.05, 3.63) is 32.1 Å². The number of carbonyl (C=O) groups excluding carboxylic acids is 2. The van der Waals surface area contributed by atoms with Gasteiger partial charge in [0, 0.05) is 27.7 Å². The van der Waals surface area contributed by atoms with Gasteiger partial charge in [-0.2, -0.15) is 0 Å². The monoisotopic (exact) mass is 473 g/mol. The van der Waals surface area contributed by atoms with Crippen molar-refractivity contribution in [2.24, 2.45) is 10.8 Å². The minimum absolute atomic E-state index is 0.136. The number of fused-ring (bicyclic) bond motifs is 3. The summed E-state index contributed by atoms with van der Waals surface area (Å²) in [5.41, 5.74) is 0.353. The van der Waals surface area contributed by atoms with Crippen LogP contribution in [0.5, 0.6) is 0 Å². The average molecular weight is 475 g/mol. The van der Waals surface area contributed by atoms with Crippen LogP contribution in [0.25, 0.3) is 10.1 Å². The molecule has 2 atom stereocenters. The predicted molar refractivity (Wildman–Crippen MR) is 118 cm³/mol. The first-order valence-electron chi connectivity index (χ1n) is 9.52. The van der Waals surface area contributed by atoms with E-state index in [4.69, 9.17) is 39.5 Å². The van der Waals surface area contributed by atoms with Gasteiger partial charge in [0.05, 0.1) is 10.0 Å². The molecule has 1 aliphatic carbocycles. The first-order valence-corrected chi connectivity index (χ1v) is 11.5. The molecule has 0 spiro atoms. The largest absolute Gasteiger partial charge is 0.451 e. The number of esters is 1. The molecule has 0 radical (unpaired) electrons. The van der Waals surface area contributed by atoms with Crippen molar-refractivity contribution in [1.29, 1.82) is 0 Å². The molecule has 1 saturated heterocycles. The zero-order valence-corrected chi connectivity index (χ0v) is 19.6. The number of halogens is 3. The third-order valence-corrected chi connectivity index (χ3v) is 8.02. The van der Waals surface area contributed by atoms with Gasteiger partial charge in [-0.3, -0.25) is 4.79 Å². The maximum absolute atomic E-state index is 12.8. The smallest absolute Gasteiger partial charge is 0.350 e. The Kier molecular flexibility index (Phi) is 5.34. The van der Waals surface area contributed by atoms with E-state index >= 15 is 0 Å². The molecule has 1 aromatic carbocycles.